The van der Waals surface area contributed by atoms with Crippen molar-refractivity contribution >= 4 is 44.3 Å². The molecule has 2 bridgehead atoms. The van der Waals surface area contributed by atoms with Gasteiger partial charge in [0.2, 0.25) is 0 Å². The van der Waals surface area contributed by atoms with E-state index in [9.17, 15) is 23.3 Å². The maximum Gasteiger partial charge on any atom is 0.293 e. The number of para-hydroxylation sites is 1. The van der Waals surface area contributed by atoms with Crippen LogP contribution in [0.25, 0.3) is 10.4 Å². The zero-order valence-electron chi connectivity index (χ0n) is 35.6. The van der Waals surface area contributed by atoms with Crippen LogP contribution in [0.3, 0.4) is 0 Å². The van der Waals surface area contributed by atoms with Crippen LogP contribution < -0.4 is 19.3 Å². The van der Waals surface area contributed by atoms with Gasteiger partial charge in [-0.3, -0.25) is 24.7 Å². The van der Waals surface area contributed by atoms with E-state index in [0.717, 1.165) is 63.1 Å². The molecule has 2 unspecified atom stereocenters. The molecule has 9 rings (SSSR count). The highest BCUT2D eigenvalue weighted by atomic mass is 32.2. The molecule has 13 nitrogen and oxygen atoms in total. The third kappa shape index (κ3) is 9.77. The molecule has 4 aliphatic heterocycles. The van der Waals surface area contributed by atoms with Gasteiger partial charge in [0, 0.05) is 105 Å². The molecule has 0 aliphatic carbocycles. The summed E-state index contributed by atoms with van der Waals surface area (Å²) in [4.78, 5) is 37.0. The molecule has 0 saturated carbocycles. The third-order valence-electron chi connectivity index (χ3n) is 13.2. The van der Waals surface area contributed by atoms with Crippen LogP contribution in [-0.2, 0) is 27.8 Å². The number of sulfonamides is 1. The quantitative estimate of drug-likeness (QED) is 0.0847. The van der Waals surface area contributed by atoms with E-state index in [1.807, 2.05) is 29.5 Å². The largest absolute Gasteiger partial charge is 0.456 e. The summed E-state index contributed by atoms with van der Waals surface area (Å²) >= 11 is 1.92. The number of piperidine rings is 1. The van der Waals surface area contributed by atoms with Crippen LogP contribution in [0.15, 0.2) is 108 Å². The molecule has 0 radical (unpaired) electrons. The smallest absolute Gasteiger partial charge is 0.293 e. The summed E-state index contributed by atoms with van der Waals surface area (Å²) in [5, 5.41) is 12.2. The molecule has 63 heavy (non-hydrogen) atoms. The lowest BCUT2D eigenvalue weighted by Gasteiger charge is -2.36. The van der Waals surface area contributed by atoms with Crippen molar-refractivity contribution in [1.82, 2.24) is 14.5 Å². The molecular weight excluding hydrogens is 837 g/mol. The van der Waals surface area contributed by atoms with Crippen LogP contribution in [0.1, 0.15) is 65.7 Å². The summed E-state index contributed by atoms with van der Waals surface area (Å²) in [7, 11) is -2.77. The van der Waals surface area contributed by atoms with Gasteiger partial charge in [-0.15, -0.1) is 11.3 Å². The molecule has 4 saturated heterocycles. The highest BCUT2D eigenvalue weighted by Gasteiger charge is 2.36. The van der Waals surface area contributed by atoms with E-state index in [-0.39, 0.29) is 23.0 Å². The van der Waals surface area contributed by atoms with Crippen molar-refractivity contribution in [1.29, 1.82) is 0 Å². The summed E-state index contributed by atoms with van der Waals surface area (Å²) in [6, 6.07) is 32.9. The molecule has 5 heterocycles. The number of thiophene rings is 1. The van der Waals surface area contributed by atoms with Gasteiger partial charge in [-0.25, -0.2) is 13.1 Å². The molecule has 4 aliphatic rings. The molecule has 330 valence electrons. The van der Waals surface area contributed by atoms with Crippen LogP contribution in [-0.4, -0.2) is 93.6 Å². The lowest BCUT2D eigenvalue weighted by Crippen LogP contribution is -2.46. The highest BCUT2D eigenvalue weighted by molar-refractivity contribution is 7.90. The number of rotatable bonds is 14. The summed E-state index contributed by atoms with van der Waals surface area (Å²) in [6.45, 7) is 6.15. The maximum absolute atomic E-state index is 13.8. The van der Waals surface area contributed by atoms with E-state index in [0.29, 0.717) is 37.5 Å². The number of piperazine rings is 1. The van der Waals surface area contributed by atoms with Crippen LogP contribution >= 0.6 is 11.3 Å². The molecule has 1 amide bonds. The van der Waals surface area contributed by atoms with Gasteiger partial charge in [0.25, 0.3) is 21.6 Å². The SMILES string of the molecule is CN(c1ccc(S(=O)(=O)NC(=O)c2ccc(N3CCN(Cc4cccc(-c5ccc(CN6C7CCCC6CC7)s5)c4)CC3)cc2Oc2ccccc2)cc1[N+](=O)[O-])C1CCOCC1. The Morgan fingerprint density at radius 2 is 1.62 bits per heavy atom. The fourth-order valence-electron chi connectivity index (χ4n) is 9.74. The van der Waals surface area contributed by atoms with Gasteiger partial charge in [-0.1, -0.05) is 42.8 Å². The number of benzene rings is 4. The Morgan fingerprint density at radius 3 is 2.37 bits per heavy atom. The Labute approximate surface area is 373 Å². The molecule has 1 aromatic heterocycles. The lowest BCUT2D eigenvalue weighted by molar-refractivity contribution is -0.384. The number of amides is 1. The van der Waals surface area contributed by atoms with Crippen LogP contribution in [0.4, 0.5) is 17.1 Å². The Bertz CT molecular complexity index is 2520. The molecule has 1 N–H and O–H groups in total. The van der Waals surface area contributed by atoms with Crippen LogP contribution in [0, 0.1) is 10.1 Å². The lowest BCUT2D eigenvalue weighted by atomic mass is 10.0. The number of fused-ring (bicyclic) bond motifs is 2. The van der Waals surface area contributed by atoms with E-state index in [2.05, 4.69) is 55.8 Å². The second-order valence-electron chi connectivity index (χ2n) is 17.1. The number of nitro groups is 1. The first kappa shape index (κ1) is 43.0. The highest BCUT2D eigenvalue weighted by Crippen LogP contribution is 2.39. The number of ether oxygens (including phenoxy) is 2. The summed E-state index contributed by atoms with van der Waals surface area (Å²) in [5.74, 6) is -0.255. The van der Waals surface area contributed by atoms with E-state index in [1.165, 1.54) is 65.1 Å². The van der Waals surface area contributed by atoms with Gasteiger partial charge in [0.1, 0.15) is 17.2 Å². The minimum Gasteiger partial charge on any atom is -0.456 e. The van der Waals surface area contributed by atoms with E-state index in [4.69, 9.17) is 9.47 Å². The minimum absolute atomic E-state index is 0.00605. The van der Waals surface area contributed by atoms with Gasteiger partial charge in [0.15, 0.2) is 0 Å². The molecular formula is C48H54N6O7S2. The van der Waals surface area contributed by atoms with E-state index in [1.54, 1.807) is 42.3 Å². The number of carbonyl (C=O) groups excluding carboxylic acids is 1. The fourth-order valence-corrected chi connectivity index (χ4v) is 11.7. The topological polar surface area (TPSA) is 138 Å². The first-order valence-corrected chi connectivity index (χ1v) is 24.3. The summed E-state index contributed by atoms with van der Waals surface area (Å²) in [5.41, 5.74) is 3.31. The van der Waals surface area contributed by atoms with Crippen molar-refractivity contribution < 1.29 is 27.6 Å². The molecule has 5 aromatic rings. The monoisotopic (exact) mass is 890 g/mol. The minimum atomic E-state index is -4.52. The molecule has 0 spiro atoms. The average Bonchev–Trinajstić information content (AvgIpc) is 3.85. The average molecular weight is 891 g/mol. The Kier molecular flexibility index (Phi) is 12.8. The number of hydrogen-bond acceptors (Lipinski definition) is 12. The zero-order valence-corrected chi connectivity index (χ0v) is 37.2. The number of nitrogens with one attached hydrogen (secondary N) is 1. The third-order valence-corrected chi connectivity index (χ3v) is 15.6. The van der Waals surface area contributed by atoms with Crippen molar-refractivity contribution in [3.63, 3.8) is 0 Å². The van der Waals surface area contributed by atoms with Crippen molar-refractivity contribution in [2.24, 2.45) is 0 Å². The van der Waals surface area contributed by atoms with Crippen LogP contribution in [0.2, 0.25) is 0 Å². The number of nitrogens with zero attached hydrogens (tertiary/aromatic N) is 5. The first-order chi connectivity index (χ1) is 30.6. The van der Waals surface area contributed by atoms with Gasteiger partial charge >= 0.3 is 0 Å². The van der Waals surface area contributed by atoms with Gasteiger partial charge in [0.05, 0.1) is 15.4 Å². The Balaban J connectivity index is 0.861. The first-order valence-electron chi connectivity index (χ1n) is 22.0. The van der Waals surface area contributed by atoms with Crippen molar-refractivity contribution in [3.8, 4) is 21.9 Å². The molecule has 15 heteroatoms. The molecule has 2 atom stereocenters. The second kappa shape index (κ2) is 18.8. The fraction of sp³-hybridized carbons (Fsp3) is 0.396. The van der Waals surface area contributed by atoms with Crippen molar-refractivity contribution in [3.05, 3.63) is 129 Å². The van der Waals surface area contributed by atoms with Gasteiger partial charge in [-0.2, -0.15) is 0 Å². The van der Waals surface area contributed by atoms with Crippen molar-refractivity contribution in [2.45, 2.75) is 81.1 Å². The summed E-state index contributed by atoms with van der Waals surface area (Å²) < 4.78 is 41.1. The van der Waals surface area contributed by atoms with Gasteiger partial charge < -0.3 is 19.3 Å². The van der Waals surface area contributed by atoms with Gasteiger partial charge in [-0.05, 0) is 104 Å². The van der Waals surface area contributed by atoms with Crippen molar-refractivity contribution in [2.75, 3.05) is 56.2 Å². The van der Waals surface area contributed by atoms with E-state index < -0.39 is 25.7 Å². The number of nitro benzene ring substituents is 1. The van der Waals surface area contributed by atoms with E-state index >= 15 is 0 Å². The standard InChI is InChI=1S/C48H54N6O7S2/c1-50(36-21-27-60-28-22-36)44-19-17-42(31-45(44)54(56)57)63(58,59)49-48(55)43-18-15-39(30-46(43)61-40-11-3-2-4-12-40)52-25-23-51(24-26-52)32-34-7-5-8-35(29-34)47-20-16-41(62-47)33-53-37-9-6-10-38(53)14-13-37/h2-5,7-8,11-12,15-20,29-31,36-38H,6,9-10,13-14,21-28,32-33H2,1H3,(H,49,55). The number of anilines is 2. The van der Waals surface area contributed by atoms with Crippen LogP contribution in [0.5, 0.6) is 11.5 Å². The predicted octanol–water partition coefficient (Wildman–Crippen LogP) is 8.69. The Morgan fingerprint density at radius 1 is 0.857 bits per heavy atom. The molecule has 4 aromatic carbocycles. The molecule has 4 fully saturated rings. The number of carbonyl (C=O) groups is 1. The normalized spacial score (nSPS) is 19.8. The maximum atomic E-state index is 13.8. The zero-order chi connectivity index (χ0) is 43.5. The second-order valence-corrected chi connectivity index (χ2v) is 20.0. The summed E-state index contributed by atoms with van der Waals surface area (Å²) in [6.07, 6.45) is 8.17. The Hall–Kier alpha value is -5.32. The predicted molar refractivity (Wildman–Crippen MR) is 246 cm³/mol. The number of hydrogen-bond donors (Lipinski definition) is 1.